The summed E-state index contributed by atoms with van der Waals surface area (Å²) in [5.41, 5.74) is 2.12. The lowest BCUT2D eigenvalue weighted by molar-refractivity contribution is -0.384. The number of benzene rings is 2. The molecule has 2 aromatic carbocycles. The normalized spacial score (nSPS) is 10.4. The fraction of sp³-hybridized carbons (Fsp3) is 0.182. The van der Waals surface area contributed by atoms with Gasteiger partial charge in [0.15, 0.2) is 0 Å². The van der Waals surface area contributed by atoms with Crippen LogP contribution in [0.2, 0.25) is 0 Å². The minimum absolute atomic E-state index is 0.0512. The van der Waals surface area contributed by atoms with Crippen molar-refractivity contribution in [2.75, 3.05) is 19.0 Å². The van der Waals surface area contributed by atoms with Crippen LogP contribution in [0.1, 0.15) is 22.8 Å². The molecule has 1 amide bonds. The average molecular weight is 440 g/mol. The van der Waals surface area contributed by atoms with Crippen molar-refractivity contribution in [3.8, 4) is 16.9 Å². The number of nitrogens with one attached hydrogen (secondary N) is 1. The summed E-state index contributed by atoms with van der Waals surface area (Å²) in [7, 11) is 1.57. The molecule has 0 fully saturated rings. The molecule has 9 heteroatoms. The summed E-state index contributed by atoms with van der Waals surface area (Å²) >= 11 is 1.19. The Kier molecular flexibility index (Phi) is 6.99. The number of thiophene rings is 1. The second-order valence-corrected chi connectivity index (χ2v) is 7.33. The van der Waals surface area contributed by atoms with Gasteiger partial charge in [-0.15, -0.1) is 11.3 Å². The number of hydrogen-bond donors (Lipinski definition) is 1. The number of amides is 1. The first-order valence-electron chi connectivity index (χ1n) is 9.39. The summed E-state index contributed by atoms with van der Waals surface area (Å²) in [6.07, 6.45) is 0.122. The lowest BCUT2D eigenvalue weighted by Gasteiger charge is -2.09. The fourth-order valence-electron chi connectivity index (χ4n) is 2.93. The minimum atomic E-state index is -0.572. The van der Waals surface area contributed by atoms with E-state index in [9.17, 15) is 19.7 Å². The van der Waals surface area contributed by atoms with Crippen molar-refractivity contribution in [3.63, 3.8) is 0 Å². The van der Waals surface area contributed by atoms with Crippen molar-refractivity contribution in [2.24, 2.45) is 0 Å². The lowest BCUT2D eigenvalue weighted by Crippen LogP contribution is -2.16. The summed E-state index contributed by atoms with van der Waals surface area (Å²) in [5.74, 6) is -0.163. The van der Waals surface area contributed by atoms with Crippen LogP contribution in [-0.2, 0) is 16.0 Å². The van der Waals surface area contributed by atoms with Gasteiger partial charge in [-0.3, -0.25) is 14.9 Å². The molecule has 0 bridgehead atoms. The first-order valence-corrected chi connectivity index (χ1v) is 10.3. The van der Waals surface area contributed by atoms with Gasteiger partial charge in [0, 0.05) is 23.1 Å². The van der Waals surface area contributed by atoms with Crippen LogP contribution in [-0.4, -0.2) is 30.5 Å². The van der Waals surface area contributed by atoms with Crippen LogP contribution in [0, 0.1) is 10.1 Å². The van der Waals surface area contributed by atoms with Gasteiger partial charge in [0.25, 0.3) is 5.69 Å². The maximum absolute atomic E-state index is 12.6. The van der Waals surface area contributed by atoms with Crippen LogP contribution < -0.4 is 10.1 Å². The molecule has 1 heterocycles. The molecule has 0 aliphatic heterocycles. The Morgan fingerprint density at radius 1 is 1.10 bits per heavy atom. The molecule has 0 aliphatic carbocycles. The summed E-state index contributed by atoms with van der Waals surface area (Å²) in [6, 6.07) is 13.0. The van der Waals surface area contributed by atoms with Gasteiger partial charge in [-0.25, -0.2) is 4.79 Å². The molecule has 3 aromatic rings. The Hall–Kier alpha value is -3.72. The largest absolute Gasteiger partial charge is 0.497 e. The molecule has 0 saturated heterocycles. The van der Waals surface area contributed by atoms with Crippen LogP contribution in [0.3, 0.4) is 0 Å². The van der Waals surface area contributed by atoms with Crippen molar-refractivity contribution in [3.05, 3.63) is 75.2 Å². The van der Waals surface area contributed by atoms with Crippen LogP contribution in [0.25, 0.3) is 11.1 Å². The molecular formula is C22H20N2O6S. The smallest absolute Gasteiger partial charge is 0.341 e. The molecule has 8 nitrogen and oxygen atoms in total. The minimum Gasteiger partial charge on any atom is -0.497 e. The number of hydrogen-bond acceptors (Lipinski definition) is 7. The van der Waals surface area contributed by atoms with Gasteiger partial charge < -0.3 is 14.8 Å². The molecule has 0 radical (unpaired) electrons. The third-order valence-corrected chi connectivity index (χ3v) is 5.33. The number of carbonyl (C=O) groups is 2. The molecule has 1 aromatic heterocycles. The van der Waals surface area contributed by atoms with E-state index in [0.29, 0.717) is 21.9 Å². The average Bonchev–Trinajstić information content (AvgIpc) is 3.18. The van der Waals surface area contributed by atoms with Gasteiger partial charge in [0.05, 0.1) is 25.1 Å². The number of ether oxygens (including phenoxy) is 2. The molecule has 3 rings (SSSR count). The van der Waals surface area contributed by atoms with Crippen LogP contribution in [0.5, 0.6) is 5.75 Å². The molecule has 1 N–H and O–H groups in total. The highest BCUT2D eigenvalue weighted by molar-refractivity contribution is 7.15. The van der Waals surface area contributed by atoms with E-state index in [1.165, 1.54) is 23.5 Å². The van der Waals surface area contributed by atoms with E-state index in [0.717, 1.165) is 5.56 Å². The van der Waals surface area contributed by atoms with Crippen LogP contribution >= 0.6 is 11.3 Å². The van der Waals surface area contributed by atoms with E-state index in [1.807, 2.05) is 0 Å². The van der Waals surface area contributed by atoms with Crippen molar-refractivity contribution >= 4 is 33.9 Å². The van der Waals surface area contributed by atoms with Crippen molar-refractivity contribution in [1.29, 1.82) is 0 Å². The predicted octanol–water partition coefficient (Wildman–Crippen LogP) is 4.69. The topological polar surface area (TPSA) is 108 Å². The molecular weight excluding hydrogens is 420 g/mol. The molecule has 0 spiro atoms. The van der Waals surface area contributed by atoms with Crippen LogP contribution in [0.4, 0.5) is 10.7 Å². The Morgan fingerprint density at radius 2 is 1.77 bits per heavy atom. The van der Waals surface area contributed by atoms with Gasteiger partial charge in [0.1, 0.15) is 16.3 Å². The maximum atomic E-state index is 12.6. The molecule has 160 valence electrons. The van der Waals surface area contributed by atoms with Crippen molar-refractivity contribution in [1.82, 2.24) is 0 Å². The van der Waals surface area contributed by atoms with Gasteiger partial charge in [0.2, 0.25) is 5.91 Å². The highest BCUT2D eigenvalue weighted by Gasteiger charge is 2.23. The highest BCUT2D eigenvalue weighted by Crippen LogP contribution is 2.37. The molecule has 31 heavy (non-hydrogen) atoms. The number of esters is 1. The number of nitro groups is 1. The third-order valence-electron chi connectivity index (χ3n) is 4.44. The molecule has 0 aliphatic rings. The summed E-state index contributed by atoms with van der Waals surface area (Å²) < 4.78 is 10.3. The number of nitrogens with zero attached hydrogens (tertiary/aromatic N) is 1. The number of nitro benzene ring substituents is 1. The number of rotatable bonds is 8. The third kappa shape index (κ3) is 5.26. The zero-order valence-electron chi connectivity index (χ0n) is 16.9. The van der Waals surface area contributed by atoms with Crippen LogP contribution in [0.15, 0.2) is 53.9 Å². The number of methoxy groups -OCH3 is 1. The van der Waals surface area contributed by atoms with Crippen molar-refractivity contribution < 1.29 is 24.0 Å². The van der Waals surface area contributed by atoms with E-state index in [-0.39, 0.29) is 30.2 Å². The Morgan fingerprint density at radius 3 is 2.35 bits per heavy atom. The lowest BCUT2D eigenvalue weighted by atomic mass is 10.0. The molecule has 0 saturated carbocycles. The Bertz CT molecular complexity index is 1090. The fourth-order valence-corrected chi connectivity index (χ4v) is 3.90. The highest BCUT2D eigenvalue weighted by atomic mass is 32.1. The van der Waals surface area contributed by atoms with E-state index in [4.69, 9.17) is 9.47 Å². The number of non-ortho nitro benzene ring substituents is 1. The van der Waals surface area contributed by atoms with Gasteiger partial charge in [-0.1, -0.05) is 12.1 Å². The van der Waals surface area contributed by atoms with E-state index in [1.54, 1.807) is 55.8 Å². The van der Waals surface area contributed by atoms with Gasteiger partial charge in [-0.2, -0.15) is 0 Å². The summed E-state index contributed by atoms with van der Waals surface area (Å²) in [5, 5.41) is 15.8. The first-order chi connectivity index (χ1) is 14.9. The van der Waals surface area contributed by atoms with E-state index in [2.05, 4.69) is 5.32 Å². The Labute approximate surface area is 182 Å². The molecule has 0 atom stereocenters. The molecule has 0 unspecified atom stereocenters. The van der Waals surface area contributed by atoms with Crippen molar-refractivity contribution in [2.45, 2.75) is 13.3 Å². The second kappa shape index (κ2) is 9.86. The standard InChI is InChI=1S/C22H20N2O6S/c1-3-30-22(26)20-18(15-6-8-16(9-7-15)24(27)28)13-31-21(20)23-19(25)12-14-4-10-17(29-2)11-5-14/h4-11,13H,3,12H2,1-2H3,(H,23,25). The Balaban J connectivity index is 1.86. The van der Waals surface area contributed by atoms with E-state index < -0.39 is 10.9 Å². The number of anilines is 1. The monoisotopic (exact) mass is 440 g/mol. The quantitative estimate of drug-likeness (QED) is 0.309. The zero-order valence-corrected chi connectivity index (χ0v) is 17.7. The number of carbonyl (C=O) groups excluding carboxylic acids is 2. The summed E-state index contributed by atoms with van der Waals surface area (Å²) in [6.45, 7) is 1.87. The second-order valence-electron chi connectivity index (χ2n) is 6.45. The van der Waals surface area contributed by atoms with Gasteiger partial charge in [-0.05, 0) is 42.3 Å². The zero-order chi connectivity index (χ0) is 22.4. The summed E-state index contributed by atoms with van der Waals surface area (Å²) in [4.78, 5) is 35.6. The van der Waals surface area contributed by atoms with E-state index >= 15 is 0 Å². The first kappa shape index (κ1) is 22.0. The van der Waals surface area contributed by atoms with Gasteiger partial charge >= 0.3 is 5.97 Å². The SMILES string of the molecule is CCOC(=O)c1c(-c2ccc([N+](=O)[O-])cc2)csc1NC(=O)Cc1ccc(OC)cc1. The maximum Gasteiger partial charge on any atom is 0.341 e. The predicted molar refractivity (Wildman–Crippen MR) is 118 cm³/mol.